The number of Topliss-reactive ketones (excluding diaryl/α,β-unsaturated/α-hetero) is 1. The molecular weight excluding hydrogens is 290 g/mol. The second kappa shape index (κ2) is 6.19. The Labute approximate surface area is 123 Å². The Morgan fingerprint density at radius 2 is 2.10 bits per heavy atom. The monoisotopic (exact) mass is 307 g/mol. The van der Waals surface area contributed by atoms with Crippen LogP contribution in [0.3, 0.4) is 0 Å². The molecule has 2 aromatic rings. The van der Waals surface area contributed by atoms with Gasteiger partial charge in [0.05, 0.1) is 4.90 Å². The lowest BCUT2D eigenvalue weighted by Crippen LogP contribution is -2.26. The van der Waals surface area contributed by atoms with E-state index in [2.05, 4.69) is 9.82 Å². The molecule has 7 heteroatoms. The summed E-state index contributed by atoms with van der Waals surface area (Å²) in [6.45, 7) is 1.67. The summed E-state index contributed by atoms with van der Waals surface area (Å²) in [4.78, 5) is 11.4. The molecule has 6 nitrogen and oxygen atoms in total. The van der Waals surface area contributed by atoms with Gasteiger partial charge in [0.1, 0.15) is 0 Å². The van der Waals surface area contributed by atoms with Crippen LogP contribution in [0.1, 0.15) is 23.0 Å². The van der Waals surface area contributed by atoms with Gasteiger partial charge >= 0.3 is 0 Å². The van der Waals surface area contributed by atoms with Crippen molar-refractivity contribution >= 4 is 15.8 Å². The molecule has 0 unspecified atom stereocenters. The van der Waals surface area contributed by atoms with E-state index in [4.69, 9.17) is 0 Å². The molecule has 0 atom stereocenters. The molecule has 21 heavy (non-hydrogen) atoms. The number of ketones is 1. The predicted octanol–water partition coefficient (Wildman–Crippen LogP) is 1.14. The van der Waals surface area contributed by atoms with Gasteiger partial charge in [-0.2, -0.15) is 5.10 Å². The van der Waals surface area contributed by atoms with Gasteiger partial charge in [0.2, 0.25) is 10.0 Å². The van der Waals surface area contributed by atoms with Crippen molar-refractivity contribution in [3.8, 4) is 0 Å². The van der Waals surface area contributed by atoms with E-state index in [1.54, 1.807) is 30.1 Å². The van der Waals surface area contributed by atoms with E-state index in [1.807, 2.05) is 6.07 Å². The van der Waals surface area contributed by atoms with Gasteiger partial charge in [-0.1, -0.05) is 12.1 Å². The van der Waals surface area contributed by atoms with Crippen LogP contribution in [0, 0.1) is 0 Å². The van der Waals surface area contributed by atoms with Crippen molar-refractivity contribution in [3.05, 3.63) is 47.8 Å². The zero-order chi connectivity index (χ0) is 15.5. The lowest BCUT2D eigenvalue weighted by atomic mass is 10.2. The Kier molecular flexibility index (Phi) is 4.54. The molecule has 1 aromatic heterocycles. The first kappa shape index (κ1) is 15.4. The summed E-state index contributed by atoms with van der Waals surface area (Å²) in [7, 11) is -1.81. The minimum Gasteiger partial charge on any atom is -0.295 e. The average Bonchev–Trinajstić information content (AvgIpc) is 2.84. The summed E-state index contributed by atoms with van der Waals surface area (Å²) in [6, 6.07) is 7.85. The third-order valence-corrected chi connectivity index (χ3v) is 4.61. The van der Waals surface area contributed by atoms with Crippen LogP contribution >= 0.6 is 0 Å². The summed E-state index contributed by atoms with van der Waals surface area (Å²) in [5.41, 5.74) is 1.32. The fourth-order valence-electron chi connectivity index (χ4n) is 1.93. The smallest absolute Gasteiger partial charge is 0.240 e. The molecule has 0 radical (unpaired) electrons. The maximum Gasteiger partial charge on any atom is 0.240 e. The van der Waals surface area contributed by atoms with E-state index in [-0.39, 0.29) is 17.2 Å². The van der Waals surface area contributed by atoms with Gasteiger partial charge in [-0.05, 0) is 25.1 Å². The second-order valence-electron chi connectivity index (χ2n) is 4.68. The predicted molar refractivity (Wildman–Crippen MR) is 78.5 cm³/mol. The van der Waals surface area contributed by atoms with Crippen LogP contribution in [0.5, 0.6) is 0 Å². The minimum atomic E-state index is -3.61. The van der Waals surface area contributed by atoms with E-state index < -0.39 is 10.0 Å². The molecule has 1 N–H and O–H groups in total. The van der Waals surface area contributed by atoms with E-state index in [1.165, 1.54) is 19.1 Å². The third kappa shape index (κ3) is 3.77. The summed E-state index contributed by atoms with van der Waals surface area (Å²) >= 11 is 0. The SMILES string of the molecule is CC(=O)c1cccc(S(=O)(=O)NCCc2ccnn2C)c1. The van der Waals surface area contributed by atoms with E-state index in [0.717, 1.165) is 5.69 Å². The summed E-state index contributed by atoms with van der Waals surface area (Å²) < 4.78 is 28.6. The van der Waals surface area contributed by atoms with Crippen molar-refractivity contribution in [1.82, 2.24) is 14.5 Å². The minimum absolute atomic E-state index is 0.0974. The molecule has 0 saturated heterocycles. The van der Waals surface area contributed by atoms with E-state index >= 15 is 0 Å². The average molecular weight is 307 g/mol. The number of sulfonamides is 1. The number of nitrogens with one attached hydrogen (secondary N) is 1. The molecule has 2 rings (SSSR count). The van der Waals surface area contributed by atoms with Crippen molar-refractivity contribution in [2.45, 2.75) is 18.2 Å². The highest BCUT2D eigenvalue weighted by atomic mass is 32.2. The van der Waals surface area contributed by atoms with Gasteiger partial charge < -0.3 is 0 Å². The van der Waals surface area contributed by atoms with Crippen LogP contribution in [0.4, 0.5) is 0 Å². The van der Waals surface area contributed by atoms with Crippen LogP contribution < -0.4 is 4.72 Å². The maximum atomic E-state index is 12.2. The number of carbonyl (C=O) groups excluding carboxylic acids is 1. The fourth-order valence-corrected chi connectivity index (χ4v) is 3.00. The molecule has 0 aliphatic rings. The summed E-state index contributed by atoms with van der Waals surface area (Å²) in [6.07, 6.45) is 2.21. The number of benzene rings is 1. The first-order valence-corrected chi connectivity index (χ1v) is 7.96. The highest BCUT2D eigenvalue weighted by Crippen LogP contribution is 2.12. The van der Waals surface area contributed by atoms with Crippen LogP contribution in [0.25, 0.3) is 0 Å². The third-order valence-electron chi connectivity index (χ3n) is 3.15. The lowest BCUT2D eigenvalue weighted by Gasteiger charge is -2.08. The van der Waals surface area contributed by atoms with Gasteiger partial charge in [-0.25, -0.2) is 13.1 Å². The zero-order valence-electron chi connectivity index (χ0n) is 11.9. The van der Waals surface area contributed by atoms with Crippen molar-refractivity contribution in [3.63, 3.8) is 0 Å². The molecule has 0 amide bonds. The highest BCUT2D eigenvalue weighted by molar-refractivity contribution is 7.89. The molecule has 0 aliphatic heterocycles. The van der Waals surface area contributed by atoms with Gasteiger partial charge in [-0.3, -0.25) is 9.48 Å². The molecule has 0 spiro atoms. The van der Waals surface area contributed by atoms with E-state index in [9.17, 15) is 13.2 Å². The highest BCUT2D eigenvalue weighted by Gasteiger charge is 2.15. The number of nitrogens with zero attached hydrogens (tertiary/aromatic N) is 2. The summed E-state index contributed by atoms with van der Waals surface area (Å²) in [5.74, 6) is -0.165. The van der Waals surface area contributed by atoms with Crippen molar-refractivity contribution in [2.24, 2.45) is 7.05 Å². The van der Waals surface area contributed by atoms with Crippen molar-refractivity contribution in [2.75, 3.05) is 6.54 Å². The number of aryl methyl sites for hydroxylation is 1. The molecular formula is C14H17N3O3S. The molecule has 1 heterocycles. The van der Waals surface area contributed by atoms with Crippen LogP contribution in [-0.2, 0) is 23.5 Å². The van der Waals surface area contributed by atoms with Crippen molar-refractivity contribution < 1.29 is 13.2 Å². The zero-order valence-corrected chi connectivity index (χ0v) is 12.7. The second-order valence-corrected chi connectivity index (χ2v) is 6.44. The Morgan fingerprint density at radius 3 is 2.71 bits per heavy atom. The Hall–Kier alpha value is -1.99. The standard InChI is InChI=1S/C14H17N3O3S/c1-11(18)12-4-3-5-14(10-12)21(19,20)16-9-7-13-6-8-15-17(13)2/h3-6,8,10,16H,7,9H2,1-2H3. The van der Waals surface area contributed by atoms with Crippen molar-refractivity contribution in [1.29, 1.82) is 0 Å². The lowest BCUT2D eigenvalue weighted by molar-refractivity contribution is 0.101. The van der Waals surface area contributed by atoms with E-state index in [0.29, 0.717) is 12.0 Å². The number of hydrogen-bond acceptors (Lipinski definition) is 4. The van der Waals surface area contributed by atoms with Gasteiger partial charge in [0.15, 0.2) is 5.78 Å². The molecule has 0 saturated carbocycles. The number of carbonyl (C=O) groups is 1. The molecule has 0 aliphatic carbocycles. The Morgan fingerprint density at radius 1 is 1.33 bits per heavy atom. The largest absolute Gasteiger partial charge is 0.295 e. The Bertz CT molecular complexity index is 750. The number of rotatable bonds is 6. The van der Waals surface area contributed by atoms with Crippen LogP contribution in [-0.4, -0.2) is 30.5 Å². The van der Waals surface area contributed by atoms with Gasteiger partial charge in [0.25, 0.3) is 0 Å². The molecule has 1 aromatic carbocycles. The first-order valence-electron chi connectivity index (χ1n) is 6.48. The number of hydrogen-bond donors (Lipinski definition) is 1. The maximum absolute atomic E-state index is 12.2. The first-order chi connectivity index (χ1) is 9.90. The van der Waals surface area contributed by atoms with Crippen LogP contribution in [0.15, 0.2) is 41.4 Å². The van der Waals surface area contributed by atoms with Gasteiger partial charge in [0, 0.05) is 37.5 Å². The van der Waals surface area contributed by atoms with Gasteiger partial charge in [-0.15, -0.1) is 0 Å². The quantitative estimate of drug-likeness (QED) is 0.812. The number of aromatic nitrogens is 2. The molecule has 0 bridgehead atoms. The molecule has 0 fully saturated rings. The Balaban J connectivity index is 2.06. The topological polar surface area (TPSA) is 81.1 Å². The van der Waals surface area contributed by atoms with Crippen LogP contribution in [0.2, 0.25) is 0 Å². The normalized spacial score (nSPS) is 11.5. The fraction of sp³-hybridized carbons (Fsp3) is 0.286. The summed E-state index contributed by atoms with van der Waals surface area (Å²) in [5, 5.41) is 4.02. The molecule has 112 valence electrons.